The molecule has 3 amide bonds. The van der Waals surface area contributed by atoms with Gasteiger partial charge in [0.25, 0.3) is 0 Å². The summed E-state index contributed by atoms with van der Waals surface area (Å²) in [4.78, 5) is 59.5. The van der Waals surface area contributed by atoms with Gasteiger partial charge in [-0.15, -0.1) is 0 Å². The number of aromatic amines is 2. The van der Waals surface area contributed by atoms with Crippen molar-refractivity contribution in [3.8, 4) is 23.1 Å². The standard InChI is InChI=1S/C43H51N7O5.CH4.5H2S/c1-26(2)28(5)40(51)50-25-43(19-7-8-21-55-43)23-36(50)39-45-32-18-15-30(22-33(32)46-39)12-11-29-13-16-31(17-14-29)34-24-44-38(47-34)35-10-9-20-49(35)41(52)37(27(3)4)48-42(53)54-6;;;;;;/h7-8,13-18,22,24,26-28,35-37H,9-10,19-21,23,25H2,1-6H3,(H,44,47)(H,45,46)(H,48,53);1H4;5*1H2/t28-,35-,36-,37-,43-;;;;;;/m0....../s1. The molecule has 3 N–H and O–H groups in total. The van der Waals surface area contributed by atoms with Crippen molar-refractivity contribution in [1.82, 2.24) is 35.1 Å². The van der Waals surface area contributed by atoms with E-state index in [0.717, 1.165) is 64.3 Å². The second-order valence-corrected chi connectivity index (χ2v) is 15.8. The van der Waals surface area contributed by atoms with Crippen molar-refractivity contribution in [3.63, 3.8) is 0 Å². The van der Waals surface area contributed by atoms with Crippen LogP contribution in [0, 0.1) is 29.6 Å². The van der Waals surface area contributed by atoms with E-state index in [-0.39, 0.29) is 117 Å². The van der Waals surface area contributed by atoms with E-state index in [2.05, 4.69) is 52.0 Å². The number of amides is 3. The largest absolute Gasteiger partial charge is 0.453 e. The predicted molar refractivity (Wildman–Crippen MR) is 268 cm³/mol. The third kappa shape index (κ3) is 12.1. The van der Waals surface area contributed by atoms with Gasteiger partial charge in [0.15, 0.2) is 0 Å². The molecule has 1 spiro atoms. The van der Waals surface area contributed by atoms with Gasteiger partial charge in [0.1, 0.15) is 17.7 Å². The summed E-state index contributed by atoms with van der Waals surface area (Å²) in [6.07, 6.45) is 8.50. The van der Waals surface area contributed by atoms with Gasteiger partial charge >= 0.3 is 6.09 Å². The number of rotatable bonds is 8. The Morgan fingerprint density at radius 3 is 2.20 bits per heavy atom. The number of methoxy groups -OCH3 is 1. The summed E-state index contributed by atoms with van der Waals surface area (Å²) >= 11 is 0. The fourth-order valence-corrected chi connectivity index (χ4v) is 7.86. The lowest BCUT2D eigenvalue weighted by Crippen LogP contribution is -2.51. The van der Waals surface area contributed by atoms with Crippen molar-refractivity contribution < 1.29 is 23.9 Å². The van der Waals surface area contributed by atoms with Crippen molar-refractivity contribution in [1.29, 1.82) is 0 Å². The number of imidazole rings is 2. The first-order chi connectivity index (χ1) is 26.4. The number of nitrogens with zero attached hydrogens (tertiary/aromatic N) is 4. The minimum Gasteiger partial charge on any atom is -0.453 e. The molecule has 0 bridgehead atoms. The van der Waals surface area contributed by atoms with Crippen LogP contribution in [0.5, 0.6) is 0 Å². The molecule has 2 saturated heterocycles. The highest BCUT2D eigenvalue weighted by Crippen LogP contribution is 2.44. The van der Waals surface area contributed by atoms with E-state index in [4.69, 9.17) is 14.5 Å². The van der Waals surface area contributed by atoms with E-state index in [1.165, 1.54) is 7.11 Å². The molecular formula is C44H65N7O5S5. The smallest absolute Gasteiger partial charge is 0.407 e. The highest BCUT2D eigenvalue weighted by atomic mass is 32.1. The highest BCUT2D eigenvalue weighted by Gasteiger charge is 2.49. The van der Waals surface area contributed by atoms with Gasteiger partial charge in [0.05, 0.1) is 60.9 Å². The number of hydrogen-bond acceptors (Lipinski definition) is 7. The Labute approximate surface area is 395 Å². The molecule has 3 aliphatic heterocycles. The zero-order chi connectivity index (χ0) is 38.9. The average molecular weight is 932 g/mol. The van der Waals surface area contributed by atoms with Crippen molar-refractivity contribution in [2.75, 3.05) is 26.8 Å². The molecule has 61 heavy (non-hydrogen) atoms. The van der Waals surface area contributed by atoms with Gasteiger partial charge in [-0.1, -0.05) is 78.2 Å². The summed E-state index contributed by atoms with van der Waals surface area (Å²) < 4.78 is 11.0. The number of carbonyl (C=O) groups excluding carboxylic acids is 3. The minimum atomic E-state index is -0.685. The number of H-pyrrole nitrogens is 2. The molecular weight excluding hydrogens is 867 g/mol. The summed E-state index contributed by atoms with van der Waals surface area (Å²) in [5.41, 5.74) is 4.85. The third-order valence-corrected chi connectivity index (χ3v) is 11.4. The summed E-state index contributed by atoms with van der Waals surface area (Å²) in [5.74, 6) is 8.12. The quantitative estimate of drug-likeness (QED) is 0.121. The third-order valence-electron chi connectivity index (χ3n) is 11.4. The number of alkyl carbamates (subject to hydrolysis) is 1. The first-order valence-corrected chi connectivity index (χ1v) is 19.4. The van der Waals surface area contributed by atoms with Crippen molar-refractivity contribution in [3.05, 3.63) is 83.6 Å². The molecule has 0 saturated carbocycles. The summed E-state index contributed by atoms with van der Waals surface area (Å²) in [6.45, 7) is 11.7. The molecule has 5 atom stereocenters. The number of hydrogen-bond donors (Lipinski definition) is 3. The predicted octanol–water partition coefficient (Wildman–Crippen LogP) is 7.88. The summed E-state index contributed by atoms with van der Waals surface area (Å²) in [7, 11) is 1.29. The average Bonchev–Trinajstić information content (AvgIpc) is 4.01. The van der Waals surface area contributed by atoms with E-state index in [1.54, 1.807) is 11.1 Å². The Morgan fingerprint density at radius 2 is 1.56 bits per heavy atom. The van der Waals surface area contributed by atoms with Gasteiger partial charge in [-0.2, -0.15) is 67.5 Å². The molecule has 0 unspecified atom stereocenters. The molecule has 5 heterocycles. The zero-order valence-electron chi connectivity index (χ0n) is 35.0. The molecule has 2 fully saturated rings. The van der Waals surface area contributed by atoms with Gasteiger partial charge in [0.2, 0.25) is 11.8 Å². The van der Waals surface area contributed by atoms with Crippen LogP contribution in [0.2, 0.25) is 0 Å². The minimum absolute atomic E-state index is 0. The second-order valence-electron chi connectivity index (χ2n) is 15.8. The monoisotopic (exact) mass is 931 g/mol. The summed E-state index contributed by atoms with van der Waals surface area (Å²) in [6, 6.07) is 12.9. The molecule has 4 aromatic rings. The molecule has 17 heteroatoms. The van der Waals surface area contributed by atoms with E-state index >= 15 is 0 Å². The van der Waals surface area contributed by atoms with Crippen LogP contribution >= 0.6 is 67.5 Å². The Morgan fingerprint density at radius 1 is 0.869 bits per heavy atom. The maximum absolute atomic E-state index is 13.7. The highest BCUT2D eigenvalue weighted by molar-refractivity contribution is 7.60. The van der Waals surface area contributed by atoms with Crippen molar-refractivity contribution in [2.24, 2.45) is 17.8 Å². The van der Waals surface area contributed by atoms with Crippen LogP contribution in [-0.4, -0.2) is 86.1 Å². The number of nitrogens with one attached hydrogen (secondary N) is 3. The van der Waals surface area contributed by atoms with Gasteiger partial charge in [-0.3, -0.25) is 9.59 Å². The Kier molecular flexibility index (Phi) is 21.5. The SMILES string of the molecule is C.COC(=O)N[C@H](C(=O)N1CCC[C@H]1c1ncc(-c2ccc(C#Cc3ccc4nc([C@@H]5C[C@@]6(CC=CCO6)CN5C(=O)[C@@H](C)C(C)C)[nH]c4c3)cc2)[nH]1)C(C)C.S.S.S.S.S. The molecule has 0 radical (unpaired) electrons. The second kappa shape index (κ2) is 23.7. The first-order valence-electron chi connectivity index (χ1n) is 19.4. The number of benzene rings is 2. The Balaban J connectivity index is 0.00000310. The van der Waals surface area contributed by atoms with Crippen LogP contribution in [-0.2, 0) is 19.1 Å². The van der Waals surface area contributed by atoms with Crippen LogP contribution in [0.25, 0.3) is 22.3 Å². The molecule has 3 aliphatic rings. The lowest BCUT2D eigenvalue weighted by molar-refractivity contribution is -0.138. The lowest BCUT2D eigenvalue weighted by Gasteiger charge is -2.31. The Hall–Kier alpha value is -3.66. The van der Waals surface area contributed by atoms with E-state index in [9.17, 15) is 14.4 Å². The van der Waals surface area contributed by atoms with Crippen LogP contribution < -0.4 is 5.32 Å². The van der Waals surface area contributed by atoms with Crippen LogP contribution in [0.15, 0.2) is 60.8 Å². The molecule has 7 rings (SSSR count). The molecule has 336 valence electrons. The van der Waals surface area contributed by atoms with Crippen LogP contribution in [0.3, 0.4) is 0 Å². The van der Waals surface area contributed by atoms with Gasteiger partial charge < -0.3 is 34.6 Å². The number of fused-ring (bicyclic) bond motifs is 1. The van der Waals surface area contributed by atoms with E-state index in [0.29, 0.717) is 26.1 Å². The number of aromatic nitrogens is 4. The molecule has 2 aromatic heterocycles. The van der Waals surface area contributed by atoms with Crippen molar-refractivity contribution in [2.45, 2.75) is 91.5 Å². The fraction of sp³-hybridized carbons (Fsp3) is 0.477. The van der Waals surface area contributed by atoms with Crippen molar-refractivity contribution >= 4 is 96.4 Å². The topological polar surface area (TPSA) is 146 Å². The number of likely N-dealkylation sites (tertiary alicyclic amines) is 2. The zero-order valence-corrected chi connectivity index (χ0v) is 40.0. The normalized spacial score (nSPS) is 19.8. The first kappa shape index (κ1) is 55.4. The van der Waals surface area contributed by atoms with Gasteiger partial charge in [-0.05, 0) is 67.0 Å². The molecule has 12 nitrogen and oxygen atoms in total. The molecule has 0 aliphatic carbocycles. The lowest BCUT2D eigenvalue weighted by atomic mass is 9.94. The van der Waals surface area contributed by atoms with Gasteiger partial charge in [0, 0.05) is 30.0 Å². The fourth-order valence-electron chi connectivity index (χ4n) is 7.86. The van der Waals surface area contributed by atoms with Crippen LogP contribution in [0.4, 0.5) is 4.79 Å². The molecule has 2 aromatic carbocycles. The van der Waals surface area contributed by atoms with E-state index < -0.39 is 17.7 Å². The number of ether oxygens (including phenoxy) is 2. The maximum atomic E-state index is 13.7. The maximum Gasteiger partial charge on any atom is 0.407 e. The number of carbonyl (C=O) groups is 3. The van der Waals surface area contributed by atoms with Gasteiger partial charge in [-0.25, -0.2) is 14.8 Å². The summed E-state index contributed by atoms with van der Waals surface area (Å²) in [5, 5.41) is 2.70. The van der Waals surface area contributed by atoms with E-state index in [1.807, 2.05) is 74.2 Å². The Bertz CT molecular complexity index is 2170. The van der Waals surface area contributed by atoms with Crippen LogP contribution in [0.1, 0.15) is 103 Å².